The topological polar surface area (TPSA) is 108 Å². The van der Waals surface area contributed by atoms with Gasteiger partial charge in [-0.2, -0.15) is 10.1 Å². The normalized spacial score (nSPS) is 10.2. The molecule has 0 spiro atoms. The number of hydrogen-bond donors (Lipinski definition) is 3. The molecule has 1 amide bonds. The summed E-state index contributed by atoms with van der Waals surface area (Å²) < 4.78 is 0. The van der Waals surface area contributed by atoms with Gasteiger partial charge in [-0.25, -0.2) is 15.1 Å². The van der Waals surface area contributed by atoms with E-state index in [0.29, 0.717) is 18.4 Å². The molecule has 0 atom stereocenters. The molecule has 0 aromatic carbocycles. The molecule has 2 aromatic heterocycles. The summed E-state index contributed by atoms with van der Waals surface area (Å²) in [4.78, 5) is 23.8. The highest BCUT2D eigenvalue weighted by atomic mass is 16.1. The summed E-state index contributed by atoms with van der Waals surface area (Å²) in [6, 6.07) is 1.89. The van der Waals surface area contributed by atoms with E-state index in [-0.39, 0.29) is 12.3 Å². The van der Waals surface area contributed by atoms with E-state index in [1.807, 2.05) is 19.9 Å². The Kier molecular flexibility index (Phi) is 4.01. The highest BCUT2D eigenvalue weighted by Gasteiger charge is 2.05. The summed E-state index contributed by atoms with van der Waals surface area (Å²) >= 11 is 0. The van der Waals surface area contributed by atoms with Gasteiger partial charge in [-0.15, -0.1) is 0 Å². The molecule has 2 rings (SSSR count). The van der Waals surface area contributed by atoms with Crippen LogP contribution in [-0.2, 0) is 4.79 Å². The first kappa shape index (κ1) is 12.9. The van der Waals surface area contributed by atoms with Crippen molar-refractivity contribution in [3.8, 4) is 0 Å². The van der Waals surface area contributed by atoms with Crippen molar-refractivity contribution in [3.05, 3.63) is 23.8 Å². The minimum atomic E-state index is -0.159. The molecule has 0 saturated carbocycles. The molecule has 0 aliphatic carbocycles. The first-order chi connectivity index (χ1) is 9.13. The molecule has 8 nitrogen and oxygen atoms in total. The van der Waals surface area contributed by atoms with E-state index in [0.717, 1.165) is 11.4 Å². The molecule has 100 valence electrons. The highest BCUT2D eigenvalue weighted by molar-refractivity contribution is 5.89. The Morgan fingerprint density at radius 2 is 2.05 bits per heavy atom. The second kappa shape index (κ2) is 5.89. The molecule has 0 aliphatic rings. The van der Waals surface area contributed by atoms with Crippen molar-refractivity contribution in [2.75, 3.05) is 17.2 Å². The molecule has 0 radical (unpaired) electrons. The number of aromatic amines is 1. The highest BCUT2D eigenvalue weighted by Crippen LogP contribution is 2.03. The molecule has 2 aromatic rings. The fourth-order valence-electron chi connectivity index (χ4n) is 1.55. The third-order valence-corrected chi connectivity index (χ3v) is 2.29. The fourth-order valence-corrected chi connectivity index (χ4v) is 1.55. The molecular weight excluding hydrogens is 246 g/mol. The number of aryl methyl sites for hydroxylation is 2. The minimum absolute atomic E-state index is 0.159. The molecule has 0 fully saturated rings. The number of hydrogen-bond acceptors (Lipinski definition) is 6. The lowest BCUT2D eigenvalue weighted by atomic mass is 10.3. The molecule has 3 N–H and O–H groups in total. The third-order valence-electron chi connectivity index (χ3n) is 2.29. The first-order valence-electron chi connectivity index (χ1n) is 5.85. The summed E-state index contributed by atoms with van der Waals surface area (Å²) in [6.45, 7) is 4.25. The van der Waals surface area contributed by atoms with Gasteiger partial charge in [0.25, 0.3) is 0 Å². The average molecular weight is 261 g/mol. The summed E-state index contributed by atoms with van der Waals surface area (Å²) in [5.74, 6) is 0.714. The Labute approximate surface area is 110 Å². The van der Waals surface area contributed by atoms with Crippen molar-refractivity contribution < 1.29 is 4.79 Å². The Hall–Kier alpha value is -2.51. The van der Waals surface area contributed by atoms with Gasteiger partial charge in [0.2, 0.25) is 17.8 Å². The van der Waals surface area contributed by atoms with Crippen molar-refractivity contribution in [1.29, 1.82) is 0 Å². The van der Waals surface area contributed by atoms with Gasteiger partial charge in [0.15, 0.2) is 0 Å². The number of rotatable bonds is 5. The maximum Gasteiger partial charge on any atom is 0.228 e. The van der Waals surface area contributed by atoms with E-state index in [1.54, 1.807) is 0 Å². The SMILES string of the molecule is Cc1cc(C)nc(NCCC(=O)Nc2ncn[nH]2)n1. The van der Waals surface area contributed by atoms with Crippen LogP contribution in [0.3, 0.4) is 0 Å². The van der Waals surface area contributed by atoms with Crippen LogP contribution in [0.1, 0.15) is 17.8 Å². The van der Waals surface area contributed by atoms with Gasteiger partial charge in [-0.1, -0.05) is 0 Å². The van der Waals surface area contributed by atoms with Gasteiger partial charge in [-0.05, 0) is 19.9 Å². The maximum atomic E-state index is 11.6. The zero-order valence-electron chi connectivity index (χ0n) is 10.8. The number of anilines is 2. The summed E-state index contributed by atoms with van der Waals surface area (Å²) in [6.07, 6.45) is 1.62. The number of H-pyrrole nitrogens is 1. The van der Waals surface area contributed by atoms with Crippen molar-refractivity contribution in [2.45, 2.75) is 20.3 Å². The maximum absolute atomic E-state index is 11.6. The zero-order chi connectivity index (χ0) is 13.7. The average Bonchev–Trinajstić information content (AvgIpc) is 2.80. The molecule has 8 heteroatoms. The molecule has 0 unspecified atom stereocenters. The Morgan fingerprint density at radius 1 is 1.32 bits per heavy atom. The lowest BCUT2D eigenvalue weighted by Crippen LogP contribution is -2.17. The number of nitrogens with one attached hydrogen (secondary N) is 3. The third kappa shape index (κ3) is 4.02. The molecular formula is C11H15N7O. The molecule has 0 aliphatic heterocycles. The van der Waals surface area contributed by atoms with E-state index in [2.05, 4.69) is 35.8 Å². The van der Waals surface area contributed by atoms with Crippen molar-refractivity contribution in [3.63, 3.8) is 0 Å². The van der Waals surface area contributed by atoms with Crippen molar-refractivity contribution in [1.82, 2.24) is 25.1 Å². The van der Waals surface area contributed by atoms with Gasteiger partial charge in [0, 0.05) is 24.4 Å². The van der Waals surface area contributed by atoms with Crippen LogP contribution in [0.5, 0.6) is 0 Å². The van der Waals surface area contributed by atoms with Crippen LogP contribution >= 0.6 is 0 Å². The predicted octanol–water partition coefficient (Wildman–Crippen LogP) is 0.652. The van der Waals surface area contributed by atoms with Crippen LogP contribution in [0.25, 0.3) is 0 Å². The number of nitrogens with zero attached hydrogens (tertiary/aromatic N) is 4. The number of aromatic nitrogens is 5. The number of carbonyl (C=O) groups excluding carboxylic acids is 1. The largest absolute Gasteiger partial charge is 0.354 e. The van der Waals surface area contributed by atoms with Crippen LogP contribution < -0.4 is 10.6 Å². The summed E-state index contributed by atoms with van der Waals surface area (Å²) in [7, 11) is 0. The Morgan fingerprint density at radius 3 is 2.68 bits per heavy atom. The Balaban J connectivity index is 1.78. The molecule has 0 bridgehead atoms. The second-order valence-corrected chi connectivity index (χ2v) is 4.03. The smallest absolute Gasteiger partial charge is 0.228 e. The number of amides is 1. The summed E-state index contributed by atoms with van der Waals surface area (Å²) in [5, 5.41) is 11.8. The first-order valence-corrected chi connectivity index (χ1v) is 5.85. The quantitative estimate of drug-likeness (QED) is 0.729. The molecule has 2 heterocycles. The lowest BCUT2D eigenvalue weighted by molar-refractivity contribution is -0.116. The van der Waals surface area contributed by atoms with Gasteiger partial charge in [0.1, 0.15) is 6.33 Å². The predicted molar refractivity (Wildman–Crippen MR) is 69.6 cm³/mol. The monoisotopic (exact) mass is 261 g/mol. The van der Waals surface area contributed by atoms with Crippen molar-refractivity contribution in [2.24, 2.45) is 0 Å². The van der Waals surface area contributed by atoms with E-state index in [9.17, 15) is 4.79 Å². The van der Waals surface area contributed by atoms with E-state index in [1.165, 1.54) is 6.33 Å². The molecule has 0 saturated heterocycles. The van der Waals surface area contributed by atoms with E-state index >= 15 is 0 Å². The van der Waals surface area contributed by atoms with Gasteiger partial charge in [0.05, 0.1) is 0 Å². The van der Waals surface area contributed by atoms with Crippen molar-refractivity contribution >= 4 is 17.8 Å². The van der Waals surface area contributed by atoms with Crippen LogP contribution in [0, 0.1) is 13.8 Å². The molecule has 19 heavy (non-hydrogen) atoms. The van der Waals surface area contributed by atoms with Crippen LogP contribution in [0.4, 0.5) is 11.9 Å². The second-order valence-electron chi connectivity index (χ2n) is 4.03. The van der Waals surface area contributed by atoms with Crippen LogP contribution in [-0.4, -0.2) is 37.6 Å². The van der Waals surface area contributed by atoms with Crippen LogP contribution in [0.2, 0.25) is 0 Å². The van der Waals surface area contributed by atoms with Gasteiger partial charge in [-0.3, -0.25) is 10.1 Å². The lowest BCUT2D eigenvalue weighted by Gasteiger charge is -2.06. The van der Waals surface area contributed by atoms with E-state index in [4.69, 9.17) is 0 Å². The number of carbonyl (C=O) groups is 1. The van der Waals surface area contributed by atoms with Gasteiger partial charge >= 0.3 is 0 Å². The van der Waals surface area contributed by atoms with E-state index < -0.39 is 0 Å². The summed E-state index contributed by atoms with van der Waals surface area (Å²) in [5.41, 5.74) is 1.78. The van der Waals surface area contributed by atoms with Crippen LogP contribution in [0.15, 0.2) is 12.4 Å². The van der Waals surface area contributed by atoms with Gasteiger partial charge < -0.3 is 5.32 Å². The zero-order valence-corrected chi connectivity index (χ0v) is 10.8. The fraction of sp³-hybridized carbons (Fsp3) is 0.364. The standard InChI is InChI=1S/C11H15N7O/c1-7-5-8(2)16-10(15-7)12-4-3-9(19)17-11-13-6-14-18-11/h5-6H,3-4H2,1-2H3,(H,12,15,16)(H2,13,14,17,18,19). The Bertz CT molecular complexity index is 532. The minimum Gasteiger partial charge on any atom is -0.354 e.